The number of nitrogens with two attached hydrogens (primary N) is 1. The maximum absolute atomic E-state index is 12.2. The second kappa shape index (κ2) is 11.2. The molecular formula is C20H25N7O2. The van der Waals surface area contributed by atoms with Crippen LogP contribution in [0.15, 0.2) is 61.0 Å². The summed E-state index contributed by atoms with van der Waals surface area (Å²) in [6, 6.07) is 6.96. The Morgan fingerprint density at radius 2 is 1.93 bits per heavy atom. The Hall–Kier alpha value is -3.75. The number of nitrogens with zero attached hydrogens (tertiary/aromatic N) is 3. The molecular weight excluding hydrogens is 370 g/mol. The van der Waals surface area contributed by atoms with Gasteiger partial charge in [0.05, 0.1) is 5.70 Å². The van der Waals surface area contributed by atoms with E-state index in [0.717, 1.165) is 18.4 Å². The van der Waals surface area contributed by atoms with E-state index in [1.54, 1.807) is 30.3 Å². The predicted octanol–water partition coefficient (Wildman–Crippen LogP) is 1.82. The molecule has 2 aromatic rings. The molecule has 0 aliphatic heterocycles. The molecule has 0 aliphatic carbocycles. The van der Waals surface area contributed by atoms with Crippen molar-refractivity contribution in [3.05, 3.63) is 66.5 Å². The van der Waals surface area contributed by atoms with Gasteiger partial charge in [-0.25, -0.2) is 0 Å². The van der Waals surface area contributed by atoms with Crippen LogP contribution in [0, 0.1) is 0 Å². The summed E-state index contributed by atoms with van der Waals surface area (Å²) in [5, 5.41) is 19.2. The van der Waals surface area contributed by atoms with Crippen LogP contribution < -0.4 is 16.4 Å². The molecule has 152 valence electrons. The first-order valence-corrected chi connectivity index (χ1v) is 9.20. The van der Waals surface area contributed by atoms with Crippen LogP contribution in [0.2, 0.25) is 0 Å². The first kappa shape index (κ1) is 21.5. The lowest BCUT2D eigenvalue weighted by atomic mass is 10.1. The maximum Gasteiger partial charge on any atom is 0.251 e. The van der Waals surface area contributed by atoms with Gasteiger partial charge in [0.2, 0.25) is 11.7 Å². The van der Waals surface area contributed by atoms with E-state index in [9.17, 15) is 9.59 Å². The zero-order valence-electron chi connectivity index (χ0n) is 16.1. The van der Waals surface area contributed by atoms with Gasteiger partial charge in [-0.15, -0.1) is 10.2 Å². The smallest absolute Gasteiger partial charge is 0.251 e. The number of nitrogens with one attached hydrogen (secondary N) is 3. The van der Waals surface area contributed by atoms with E-state index < -0.39 is 0 Å². The molecule has 2 rings (SSSR count). The number of aromatic nitrogens is 4. The fourth-order valence-corrected chi connectivity index (χ4v) is 2.51. The molecule has 0 unspecified atom stereocenters. The summed E-state index contributed by atoms with van der Waals surface area (Å²) < 4.78 is 0. The van der Waals surface area contributed by atoms with E-state index in [2.05, 4.69) is 44.4 Å². The van der Waals surface area contributed by atoms with Crippen molar-refractivity contribution in [2.75, 3.05) is 6.54 Å². The van der Waals surface area contributed by atoms with Gasteiger partial charge in [0.1, 0.15) is 0 Å². The highest BCUT2D eigenvalue weighted by Gasteiger charge is 2.08. The van der Waals surface area contributed by atoms with Crippen molar-refractivity contribution < 1.29 is 9.59 Å². The number of H-pyrrole nitrogens is 1. The van der Waals surface area contributed by atoms with Gasteiger partial charge in [-0.1, -0.05) is 37.8 Å². The Morgan fingerprint density at radius 3 is 2.55 bits per heavy atom. The number of amides is 2. The molecule has 5 N–H and O–H groups in total. The highest BCUT2D eigenvalue weighted by Crippen LogP contribution is 2.13. The summed E-state index contributed by atoms with van der Waals surface area (Å²) in [6.45, 7) is 7.71. The average molecular weight is 395 g/mol. The van der Waals surface area contributed by atoms with Crippen molar-refractivity contribution in [2.24, 2.45) is 5.73 Å². The number of tetrazole rings is 1. The van der Waals surface area contributed by atoms with Gasteiger partial charge in [0.15, 0.2) is 0 Å². The number of carbonyl (C=O) groups excluding carboxylic acids is 2. The van der Waals surface area contributed by atoms with E-state index in [4.69, 9.17) is 5.73 Å². The number of hydrogen-bond donors (Lipinski definition) is 4. The SMILES string of the molecule is C=C/C=C(/NC(=O)CCCCCNC(=O)c1ccc(-c2nn[nH]n2)cc1)C(=C)N. The third-order valence-electron chi connectivity index (χ3n) is 4.02. The highest BCUT2D eigenvalue weighted by atomic mass is 16.2. The molecule has 2 amide bonds. The number of benzene rings is 1. The number of aromatic amines is 1. The summed E-state index contributed by atoms with van der Waals surface area (Å²) in [5.41, 5.74) is 7.67. The summed E-state index contributed by atoms with van der Waals surface area (Å²) in [6.07, 6.45) is 5.81. The summed E-state index contributed by atoms with van der Waals surface area (Å²) in [7, 11) is 0. The van der Waals surface area contributed by atoms with Gasteiger partial charge in [-0.2, -0.15) is 5.21 Å². The minimum Gasteiger partial charge on any atom is -0.398 e. The molecule has 29 heavy (non-hydrogen) atoms. The normalized spacial score (nSPS) is 11.0. The maximum atomic E-state index is 12.2. The fraction of sp³-hybridized carbons (Fsp3) is 0.250. The molecule has 0 bridgehead atoms. The Morgan fingerprint density at radius 1 is 1.17 bits per heavy atom. The van der Waals surface area contributed by atoms with Gasteiger partial charge in [0, 0.05) is 29.8 Å². The van der Waals surface area contributed by atoms with Crippen molar-refractivity contribution in [3.8, 4) is 11.4 Å². The molecule has 1 aromatic heterocycles. The molecule has 0 aliphatic rings. The van der Waals surface area contributed by atoms with Gasteiger partial charge in [-0.3, -0.25) is 9.59 Å². The van der Waals surface area contributed by atoms with Crippen molar-refractivity contribution in [3.63, 3.8) is 0 Å². The first-order chi connectivity index (χ1) is 14.0. The molecule has 1 heterocycles. The van der Waals surface area contributed by atoms with Crippen LogP contribution in [0.1, 0.15) is 36.0 Å². The summed E-state index contributed by atoms with van der Waals surface area (Å²) in [4.78, 5) is 24.1. The van der Waals surface area contributed by atoms with Gasteiger partial charge >= 0.3 is 0 Å². The Kier molecular flexibility index (Phi) is 8.30. The van der Waals surface area contributed by atoms with E-state index in [1.165, 1.54) is 6.08 Å². The number of hydrogen-bond acceptors (Lipinski definition) is 6. The van der Waals surface area contributed by atoms with Crippen LogP contribution in [0.3, 0.4) is 0 Å². The first-order valence-electron chi connectivity index (χ1n) is 9.20. The number of allylic oxidation sites excluding steroid dienone is 2. The Labute approximate surface area is 169 Å². The lowest BCUT2D eigenvalue weighted by Gasteiger charge is -2.09. The minimum absolute atomic E-state index is 0.129. The monoisotopic (exact) mass is 395 g/mol. The molecule has 0 spiro atoms. The van der Waals surface area contributed by atoms with Gasteiger partial charge < -0.3 is 16.4 Å². The molecule has 9 heteroatoms. The van der Waals surface area contributed by atoms with Crippen LogP contribution in [-0.4, -0.2) is 39.0 Å². The molecule has 0 saturated carbocycles. The van der Waals surface area contributed by atoms with E-state index in [0.29, 0.717) is 36.5 Å². The summed E-state index contributed by atoms with van der Waals surface area (Å²) >= 11 is 0. The van der Waals surface area contributed by atoms with Crippen molar-refractivity contribution >= 4 is 11.8 Å². The number of carbonyl (C=O) groups is 2. The quantitative estimate of drug-likeness (QED) is 0.338. The predicted molar refractivity (Wildman–Crippen MR) is 110 cm³/mol. The molecule has 0 saturated heterocycles. The van der Waals surface area contributed by atoms with Crippen molar-refractivity contribution in [1.82, 2.24) is 31.3 Å². The van der Waals surface area contributed by atoms with E-state index >= 15 is 0 Å². The third kappa shape index (κ3) is 7.06. The largest absolute Gasteiger partial charge is 0.398 e. The summed E-state index contributed by atoms with van der Waals surface area (Å²) in [5.74, 6) is 0.197. The van der Waals surface area contributed by atoms with Gasteiger partial charge in [-0.05, 0) is 36.3 Å². The minimum atomic E-state index is -0.150. The molecule has 0 radical (unpaired) electrons. The van der Waals surface area contributed by atoms with Crippen molar-refractivity contribution in [2.45, 2.75) is 25.7 Å². The topological polar surface area (TPSA) is 139 Å². The molecule has 0 fully saturated rings. The Balaban J connectivity index is 1.64. The van der Waals surface area contributed by atoms with Crippen LogP contribution in [0.5, 0.6) is 0 Å². The lowest BCUT2D eigenvalue weighted by molar-refractivity contribution is -0.120. The Bertz CT molecular complexity index is 871. The van der Waals surface area contributed by atoms with E-state index in [1.807, 2.05) is 0 Å². The van der Waals surface area contributed by atoms with Crippen molar-refractivity contribution in [1.29, 1.82) is 0 Å². The zero-order chi connectivity index (χ0) is 21.1. The molecule has 9 nitrogen and oxygen atoms in total. The second-order valence-electron chi connectivity index (χ2n) is 6.27. The average Bonchev–Trinajstić information content (AvgIpc) is 3.25. The fourth-order valence-electron chi connectivity index (χ4n) is 2.51. The highest BCUT2D eigenvalue weighted by molar-refractivity contribution is 5.94. The number of unbranched alkanes of at least 4 members (excludes halogenated alkanes) is 2. The standard InChI is InChI=1S/C20H25N7O2/c1-3-7-17(14(2)21)23-18(28)8-5-4-6-13-22-20(29)16-11-9-15(10-12-16)19-24-26-27-25-19/h3,7,9-12H,1-2,4-6,8,13,21H2,(H,22,29)(H,23,28)(H,24,25,26,27)/b17-7+. The van der Waals surface area contributed by atoms with Gasteiger partial charge in [0.25, 0.3) is 5.91 Å². The van der Waals surface area contributed by atoms with Crippen LogP contribution in [0.25, 0.3) is 11.4 Å². The number of rotatable bonds is 11. The van der Waals surface area contributed by atoms with Crippen LogP contribution in [0.4, 0.5) is 0 Å². The zero-order valence-corrected chi connectivity index (χ0v) is 16.1. The van der Waals surface area contributed by atoms with Crippen LogP contribution in [-0.2, 0) is 4.79 Å². The molecule has 1 aromatic carbocycles. The second-order valence-corrected chi connectivity index (χ2v) is 6.27. The lowest BCUT2D eigenvalue weighted by Crippen LogP contribution is -2.26. The van der Waals surface area contributed by atoms with E-state index in [-0.39, 0.29) is 17.5 Å². The molecule has 0 atom stereocenters. The van der Waals surface area contributed by atoms with Crippen LogP contribution >= 0.6 is 0 Å². The third-order valence-corrected chi connectivity index (χ3v) is 4.02.